The number of nitrogens with two attached hydrogens (primary N) is 3. The lowest BCUT2D eigenvalue weighted by atomic mass is 9.94. The number of aliphatic carboxylic acids is 2. The minimum absolute atomic E-state index is 0.0225. The van der Waals surface area contributed by atoms with E-state index in [1.165, 1.54) is 0 Å². The third-order valence-electron chi connectivity index (χ3n) is 15.2. The molecule has 0 unspecified atom stereocenters. The molecule has 12 atom stereocenters. The van der Waals surface area contributed by atoms with E-state index >= 15 is 0 Å². The van der Waals surface area contributed by atoms with Crippen LogP contribution in [0.2, 0.25) is 0 Å². The van der Waals surface area contributed by atoms with Crippen molar-refractivity contribution >= 4 is 71.0 Å². The Morgan fingerprint density at radius 3 is 1.22 bits per heavy atom. The Labute approximate surface area is 523 Å². The molecule has 0 aliphatic carbocycles. The number of hydrogen-bond donors (Lipinski definition) is 14. The summed E-state index contributed by atoms with van der Waals surface area (Å²) in [7, 11) is 0. The smallest absolute Gasteiger partial charge is 0.326 e. The zero-order valence-electron chi connectivity index (χ0n) is 53.4. The monoisotopic (exact) mass is 1250 g/mol. The van der Waals surface area contributed by atoms with E-state index in [0.29, 0.717) is 37.8 Å². The first-order chi connectivity index (χ1) is 41.9. The van der Waals surface area contributed by atoms with E-state index in [-0.39, 0.29) is 56.8 Å². The molecular weight excluding hydrogens is 1150 g/mol. The summed E-state index contributed by atoms with van der Waals surface area (Å²) >= 11 is 0. The summed E-state index contributed by atoms with van der Waals surface area (Å²) in [5, 5.41) is 43.5. The van der Waals surface area contributed by atoms with Gasteiger partial charge in [0.1, 0.15) is 54.4 Å². The van der Waals surface area contributed by atoms with Gasteiger partial charge >= 0.3 is 11.9 Å². The topological polar surface area (TPSA) is 432 Å². The van der Waals surface area contributed by atoms with Crippen molar-refractivity contribution in [2.24, 2.45) is 46.8 Å². The highest BCUT2D eigenvalue weighted by atomic mass is 16.4. The fourth-order valence-corrected chi connectivity index (χ4v) is 9.58. The summed E-state index contributed by atoms with van der Waals surface area (Å²) in [6.45, 7) is 17.9. The molecule has 0 saturated heterocycles. The fraction of sp³-hybridized carbons (Fsp3) is 0.619. The van der Waals surface area contributed by atoms with Gasteiger partial charge < -0.3 is 75.3 Å². The number of carbonyl (C=O) groups excluding carboxylic acids is 10. The summed E-state index contributed by atoms with van der Waals surface area (Å²) in [4.78, 5) is 163. The summed E-state index contributed by atoms with van der Waals surface area (Å²) in [5.41, 5.74) is 18.5. The highest BCUT2D eigenvalue weighted by Gasteiger charge is 2.38. The Balaban J connectivity index is 2.49. The van der Waals surface area contributed by atoms with Gasteiger partial charge in [0.25, 0.3) is 0 Å². The van der Waals surface area contributed by atoms with E-state index in [1.807, 2.05) is 13.8 Å². The molecule has 0 saturated carbocycles. The van der Waals surface area contributed by atoms with Crippen molar-refractivity contribution in [3.63, 3.8) is 0 Å². The molecule has 496 valence electrons. The van der Waals surface area contributed by atoms with E-state index in [4.69, 9.17) is 17.2 Å². The third-order valence-corrected chi connectivity index (χ3v) is 15.2. The van der Waals surface area contributed by atoms with Crippen LogP contribution < -0.4 is 65.1 Å². The predicted molar refractivity (Wildman–Crippen MR) is 334 cm³/mol. The number of carboxylic acids is 2. The van der Waals surface area contributed by atoms with Crippen molar-refractivity contribution in [2.45, 2.75) is 213 Å². The Kier molecular flexibility index (Phi) is 34.5. The van der Waals surface area contributed by atoms with E-state index in [2.05, 4.69) is 47.9 Å². The van der Waals surface area contributed by atoms with Crippen molar-refractivity contribution < 1.29 is 67.7 Å². The van der Waals surface area contributed by atoms with Crippen LogP contribution in [0.3, 0.4) is 0 Å². The number of hydrogen-bond acceptors (Lipinski definition) is 14. The number of rotatable bonds is 42. The van der Waals surface area contributed by atoms with Crippen LogP contribution in [0.4, 0.5) is 0 Å². The molecule has 0 heterocycles. The number of primary amides is 1. The summed E-state index contributed by atoms with van der Waals surface area (Å²) in [5.74, 6) is -12.7. The van der Waals surface area contributed by atoms with E-state index in [1.54, 1.807) is 116 Å². The number of nitrogens with one attached hydrogen (secondary N) is 9. The highest BCUT2D eigenvalue weighted by molar-refractivity contribution is 5.99. The molecule has 2 rings (SSSR count). The van der Waals surface area contributed by atoms with Gasteiger partial charge in [-0.25, -0.2) is 4.79 Å². The maximum atomic E-state index is 14.6. The lowest BCUT2D eigenvalue weighted by Crippen LogP contribution is -2.62. The van der Waals surface area contributed by atoms with Gasteiger partial charge in [-0.05, 0) is 98.6 Å². The lowest BCUT2D eigenvalue weighted by molar-refractivity contribution is -0.143. The molecule has 17 N–H and O–H groups in total. The molecule has 0 spiro atoms. The quantitative estimate of drug-likeness (QED) is 0.0417. The van der Waals surface area contributed by atoms with Crippen LogP contribution in [-0.4, -0.2) is 148 Å². The van der Waals surface area contributed by atoms with Crippen LogP contribution in [0.15, 0.2) is 60.7 Å². The van der Waals surface area contributed by atoms with E-state index in [9.17, 15) is 67.7 Å². The molecule has 0 fully saturated rings. The molecule has 0 aromatic heterocycles. The molecule has 26 nitrogen and oxygen atoms in total. The average molecular weight is 1250 g/mol. The fourth-order valence-electron chi connectivity index (χ4n) is 9.58. The van der Waals surface area contributed by atoms with E-state index < -0.39 is 162 Å². The second-order valence-corrected chi connectivity index (χ2v) is 24.1. The minimum atomic E-state index is -1.63. The Morgan fingerprint density at radius 2 is 0.798 bits per heavy atom. The Morgan fingerprint density at radius 1 is 0.427 bits per heavy atom. The lowest BCUT2D eigenvalue weighted by Gasteiger charge is -2.31. The Bertz CT molecular complexity index is 2640. The number of benzene rings is 2. The zero-order chi connectivity index (χ0) is 67.1. The van der Waals surface area contributed by atoms with Gasteiger partial charge in [-0.3, -0.25) is 52.7 Å². The first-order valence-corrected chi connectivity index (χ1v) is 30.9. The van der Waals surface area contributed by atoms with Crippen LogP contribution in [0.5, 0.6) is 0 Å². The van der Waals surface area contributed by atoms with Crippen molar-refractivity contribution in [1.29, 1.82) is 0 Å². The van der Waals surface area contributed by atoms with Gasteiger partial charge in [0.05, 0.1) is 6.04 Å². The van der Waals surface area contributed by atoms with Crippen LogP contribution in [0.25, 0.3) is 0 Å². The van der Waals surface area contributed by atoms with Crippen LogP contribution in [0.1, 0.15) is 151 Å². The molecule has 89 heavy (non-hydrogen) atoms. The zero-order valence-corrected chi connectivity index (χ0v) is 53.4. The number of carbonyl (C=O) groups is 12. The first kappa shape index (κ1) is 77.1. The second kappa shape index (κ2) is 39.8. The molecule has 0 aliphatic heterocycles. The molecule has 0 bridgehead atoms. The molecule has 2 aromatic rings. The van der Waals surface area contributed by atoms with Gasteiger partial charge in [-0.15, -0.1) is 0 Å². The molecule has 0 aliphatic rings. The SMILES string of the molecule is CC[C@H](C)[C@H](NC(=O)[C@H](CC(C)C)NC(=O)[C@H](Cc1ccccc1)NC(=O)[C@H](CCC(=O)O)NC(=O)[C@H](CCC(N)=O)NC(=O)[C@@H](N)Cc1ccccc1)C(=O)N[C@@H](CC(C)C)C(=O)N[C@H](C(=O)N[C@H](C(=O)N[C@@H](CCCCN)C(=O)O)[C@@H](C)CC)C(C)C. The first-order valence-electron chi connectivity index (χ1n) is 30.9. The summed E-state index contributed by atoms with van der Waals surface area (Å²) < 4.78 is 0. The number of unbranched alkanes of at least 4 members (excludes halogenated alkanes) is 1. The maximum absolute atomic E-state index is 14.6. The standard InChI is InChI=1S/C63H100N12O14/c1-11-38(9)52(62(87)72-47(32-36(5)6)58(83)73-51(37(7)8)60(85)75-53(39(10)12-2)61(86)69-45(63(88)89)25-19-20-30-64)74-59(84)46(31-35(3)4)70-57(82)48(34-41-23-17-14-18-24-41)71-56(81)44(27-29-50(77)78)68-55(80)43(26-28-49(66)76)67-54(79)42(65)33-40-21-15-13-16-22-40/h13-18,21-24,35-39,42-48,51-53H,11-12,19-20,25-34,64-65H2,1-10H3,(H2,66,76)(H,67,79)(H,68,80)(H,69,86)(H,70,82)(H,71,81)(H,72,87)(H,73,83)(H,74,84)(H,75,85)(H,77,78)(H,88,89)/t38-,39-,42-,43-,44-,45-,46-,47-,48-,51-,52-,53-/m0/s1. The highest BCUT2D eigenvalue weighted by Crippen LogP contribution is 2.17. The van der Waals surface area contributed by atoms with Gasteiger partial charge in [0.2, 0.25) is 59.1 Å². The minimum Gasteiger partial charge on any atom is -0.481 e. The summed E-state index contributed by atoms with van der Waals surface area (Å²) in [6.07, 6.45) is 0.113. The average Bonchev–Trinajstić information content (AvgIpc) is 2.29. The molecule has 2 aromatic carbocycles. The van der Waals surface area contributed by atoms with Crippen molar-refractivity contribution in [3.8, 4) is 0 Å². The number of carboxylic acid groups (broad SMARTS) is 2. The van der Waals surface area contributed by atoms with Crippen molar-refractivity contribution in [3.05, 3.63) is 71.8 Å². The molecular formula is C63H100N12O14. The van der Waals surface area contributed by atoms with Crippen LogP contribution in [-0.2, 0) is 70.4 Å². The van der Waals surface area contributed by atoms with Gasteiger partial charge in [-0.2, -0.15) is 0 Å². The maximum Gasteiger partial charge on any atom is 0.326 e. The van der Waals surface area contributed by atoms with Gasteiger partial charge in [-0.1, -0.05) is 143 Å². The normalized spacial score (nSPS) is 15.4. The van der Waals surface area contributed by atoms with E-state index in [0.717, 1.165) is 5.56 Å². The molecule has 26 heteroatoms. The molecule has 0 radical (unpaired) electrons. The van der Waals surface area contributed by atoms with Crippen LogP contribution >= 0.6 is 0 Å². The molecule has 10 amide bonds. The van der Waals surface area contributed by atoms with Gasteiger partial charge in [0, 0.05) is 19.3 Å². The third kappa shape index (κ3) is 28.4. The largest absolute Gasteiger partial charge is 0.481 e. The van der Waals surface area contributed by atoms with Crippen molar-refractivity contribution in [1.82, 2.24) is 47.9 Å². The Hall–Kier alpha value is -8.00. The predicted octanol–water partition coefficient (Wildman–Crippen LogP) is 1.35. The van der Waals surface area contributed by atoms with Crippen LogP contribution in [0, 0.1) is 29.6 Å². The second-order valence-electron chi connectivity index (χ2n) is 24.1. The summed E-state index contributed by atoms with van der Waals surface area (Å²) in [6, 6.07) is 4.05. The number of amides is 10. The van der Waals surface area contributed by atoms with Crippen molar-refractivity contribution in [2.75, 3.05) is 6.54 Å². The van der Waals surface area contributed by atoms with Gasteiger partial charge in [0.15, 0.2) is 0 Å².